The predicted molar refractivity (Wildman–Crippen MR) is 113 cm³/mol. The van der Waals surface area contributed by atoms with E-state index in [-0.39, 0.29) is 21.9 Å². The fraction of sp³-hybridized carbons (Fsp3) is 0.350. The molecule has 0 atom stereocenters. The topological polar surface area (TPSA) is 110 Å². The summed E-state index contributed by atoms with van der Waals surface area (Å²) in [6.07, 6.45) is 2.51. The zero-order valence-corrected chi connectivity index (χ0v) is 18.8. The summed E-state index contributed by atoms with van der Waals surface area (Å²) in [6.45, 7) is 0.841. The van der Waals surface area contributed by atoms with Gasteiger partial charge < -0.3 is 10.1 Å². The van der Waals surface area contributed by atoms with Crippen LogP contribution < -0.4 is 10.1 Å². The molecule has 0 unspecified atom stereocenters. The van der Waals surface area contributed by atoms with Crippen LogP contribution in [0.15, 0.2) is 52.3 Å². The Kier molecular flexibility index (Phi) is 7.16. The summed E-state index contributed by atoms with van der Waals surface area (Å²) in [5.41, 5.74) is 0.0874. The van der Waals surface area contributed by atoms with Gasteiger partial charge in [-0.15, -0.1) is 0 Å². The minimum absolute atomic E-state index is 0.00567. The lowest BCUT2D eigenvalue weighted by molar-refractivity contribution is 0.102. The quantitative estimate of drug-likeness (QED) is 0.641. The molecule has 1 amide bonds. The number of hydrogen-bond donors (Lipinski definition) is 1. The van der Waals surface area contributed by atoms with Gasteiger partial charge in [0, 0.05) is 18.7 Å². The van der Waals surface area contributed by atoms with Gasteiger partial charge in [-0.3, -0.25) is 4.79 Å². The van der Waals surface area contributed by atoms with Gasteiger partial charge >= 0.3 is 5.76 Å². The lowest BCUT2D eigenvalue weighted by Gasteiger charge is -2.26. The molecule has 1 aliphatic heterocycles. The minimum Gasteiger partial charge on any atom is -0.495 e. The monoisotopic (exact) mass is 488 g/mol. The first-order valence-corrected chi connectivity index (χ1v) is 12.7. The number of halogens is 2. The molecule has 3 rings (SSSR count). The summed E-state index contributed by atoms with van der Waals surface area (Å²) in [4.78, 5) is 12.0. The summed E-state index contributed by atoms with van der Waals surface area (Å²) in [6, 6.07) is 8.09. The van der Waals surface area contributed by atoms with Gasteiger partial charge in [-0.05, 0) is 55.3 Å². The first-order chi connectivity index (χ1) is 15.1. The second-order valence-electron chi connectivity index (χ2n) is 7.11. The van der Waals surface area contributed by atoms with Gasteiger partial charge in [0.1, 0.15) is 5.75 Å². The molecule has 8 nitrogen and oxygen atoms in total. The van der Waals surface area contributed by atoms with Crippen LogP contribution in [0.3, 0.4) is 0 Å². The van der Waals surface area contributed by atoms with E-state index in [2.05, 4.69) is 5.32 Å². The Morgan fingerprint density at radius 3 is 2.12 bits per heavy atom. The molecule has 1 N–H and O–H groups in total. The molecule has 32 heavy (non-hydrogen) atoms. The Morgan fingerprint density at radius 1 is 0.969 bits per heavy atom. The third-order valence-corrected chi connectivity index (χ3v) is 8.34. The van der Waals surface area contributed by atoms with Crippen LogP contribution in [0.5, 0.6) is 5.75 Å². The van der Waals surface area contributed by atoms with Crippen LogP contribution in [0.1, 0.15) is 29.6 Å². The number of nitrogens with zero attached hydrogens (tertiary/aromatic N) is 1. The standard InChI is InChI=1S/C20H22F2N2O6S2/c1-30-18-10-9-16(32(28,29)24-11-3-2-4-12-24)13-17(18)23-19(25)14-5-7-15(8-6-14)31(26,27)20(21)22/h5-10,13,20H,2-4,11-12H2,1H3,(H,23,25). The van der Waals surface area contributed by atoms with Gasteiger partial charge in [-0.2, -0.15) is 13.1 Å². The summed E-state index contributed by atoms with van der Waals surface area (Å²) in [5.74, 6) is -4.05. The highest BCUT2D eigenvalue weighted by Crippen LogP contribution is 2.30. The van der Waals surface area contributed by atoms with Crippen molar-refractivity contribution in [3.63, 3.8) is 0 Å². The zero-order valence-electron chi connectivity index (χ0n) is 17.1. The highest BCUT2D eigenvalue weighted by molar-refractivity contribution is 7.91. The van der Waals surface area contributed by atoms with Crippen molar-refractivity contribution in [1.82, 2.24) is 4.31 Å². The number of alkyl halides is 2. The summed E-state index contributed by atoms with van der Waals surface area (Å²) in [7, 11) is -7.17. The number of sulfonamides is 1. The maximum absolute atomic E-state index is 12.9. The second-order valence-corrected chi connectivity index (χ2v) is 11.0. The van der Waals surface area contributed by atoms with Crippen LogP contribution in [0, 0.1) is 0 Å². The number of amides is 1. The third kappa shape index (κ3) is 4.92. The molecule has 0 aromatic heterocycles. The molecule has 1 heterocycles. The molecular formula is C20H22F2N2O6S2. The molecule has 0 radical (unpaired) electrons. The number of sulfone groups is 1. The molecule has 1 fully saturated rings. The maximum Gasteiger partial charge on any atom is 0.341 e. The molecule has 2 aromatic rings. The van der Waals surface area contributed by atoms with E-state index < -0.39 is 36.4 Å². The molecule has 174 valence electrons. The van der Waals surface area contributed by atoms with Crippen molar-refractivity contribution < 1.29 is 35.1 Å². The Bertz CT molecular complexity index is 1190. The summed E-state index contributed by atoms with van der Waals surface area (Å²) < 4.78 is 80.8. The number of hydrogen-bond acceptors (Lipinski definition) is 6. The van der Waals surface area contributed by atoms with E-state index >= 15 is 0 Å². The van der Waals surface area contributed by atoms with Crippen molar-refractivity contribution in [2.24, 2.45) is 0 Å². The van der Waals surface area contributed by atoms with Crippen molar-refractivity contribution in [3.8, 4) is 5.75 Å². The number of nitrogens with one attached hydrogen (secondary N) is 1. The van der Waals surface area contributed by atoms with Gasteiger partial charge in [0.05, 0.1) is 22.6 Å². The second kappa shape index (κ2) is 9.51. The molecule has 1 saturated heterocycles. The molecule has 2 aromatic carbocycles. The van der Waals surface area contributed by atoms with Gasteiger partial charge in [-0.25, -0.2) is 16.8 Å². The Labute approximate surface area is 185 Å². The summed E-state index contributed by atoms with van der Waals surface area (Å²) in [5, 5.41) is 2.53. The number of benzene rings is 2. The number of anilines is 1. The number of rotatable bonds is 7. The van der Waals surface area contributed by atoms with Crippen molar-refractivity contribution in [2.75, 3.05) is 25.5 Å². The van der Waals surface area contributed by atoms with Crippen molar-refractivity contribution in [1.29, 1.82) is 0 Å². The zero-order chi connectivity index (χ0) is 23.5. The number of piperidine rings is 1. The van der Waals surface area contributed by atoms with E-state index in [0.717, 1.165) is 43.5 Å². The normalized spacial score (nSPS) is 15.5. The Morgan fingerprint density at radius 2 is 1.56 bits per heavy atom. The van der Waals surface area contributed by atoms with E-state index in [0.29, 0.717) is 13.1 Å². The molecular weight excluding hydrogens is 466 g/mol. The molecule has 12 heteroatoms. The van der Waals surface area contributed by atoms with Crippen LogP contribution >= 0.6 is 0 Å². The van der Waals surface area contributed by atoms with Crippen LogP contribution in [-0.2, 0) is 19.9 Å². The maximum atomic E-state index is 12.9. The number of methoxy groups -OCH3 is 1. The van der Waals surface area contributed by atoms with Crippen molar-refractivity contribution in [3.05, 3.63) is 48.0 Å². The fourth-order valence-electron chi connectivity index (χ4n) is 3.29. The lowest BCUT2D eigenvalue weighted by atomic mass is 10.2. The summed E-state index contributed by atoms with van der Waals surface area (Å²) >= 11 is 0. The highest BCUT2D eigenvalue weighted by Gasteiger charge is 2.28. The molecule has 0 saturated carbocycles. The van der Waals surface area contributed by atoms with Gasteiger partial charge in [0.15, 0.2) is 0 Å². The highest BCUT2D eigenvalue weighted by atomic mass is 32.2. The van der Waals surface area contributed by atoms with E-state index in [1.54, 1.807) is 0 Å². The third-order valence-electron chi connectivity index (χ3n) is 5.05. The van der Waals surface area contributed by atoms with Crippen molar-refractivity contribution >= 4 is 31.5 Å². The first-order valence-electron chi connectivity index (χ1n) is 9.69. The Balaban J connectivity index is 1.86. The SMILES string of the molecule is COc1ccc(S(=O)(=O)N2CCCCC2)cc1NC(=O)c1ccc(S(=O)(=O)C(F)F)cc1. The van der Waals surface area contributed by atoms with E-state index in [1.807, 2.05) is 0 Å². The largest absolute Gasteiger partial charge is 0.495 e. The van der Waals surface area contributed by atoms with E-state index in [4.69, 9.17) is 4.74 Å². The van der Waals surface area contributed by atoms with Crippen LogP contribution in [-0.4, -0.2) is 53.0 Å². The van der Waals surface area contributed by atoms with Crippen LogP contribution in [0.2, 0.25) is 0 Å². The molecule has 0 bridgehead atoms. The lowest BCUT2D eigenvalue weighted by Crippen LogP contribution is -2.35. The number of carbonyl (C=O) groups excluding carboxylic acids is 1. The van der Waals surface area contributed by atoms with Crippen molar-refractivity contribution in [2.45, 2.75) is 34.8 Å². The smallest absolute Gasteiger partial charge is 0.341 e. The van der Waals surface area contributed by atoms with Gasteiger partial charge in [0.2, 0.25) is 19.9 Å². The average molecular weight is 489 g/mol. The first kappa shape index (κ1) is 24.1. The molecule has 0 spiro atoms. The fourth-order valence-corrected chi connectivity index (χ4v) is 5.56. The van der Waals surface area contributed by atoms with Crippen LogP contribution in [0.25, 0.3) is 0 Å². The van der Waals surface area contributed by atoms with E-state index in [9.17, 15) is 30.4 Å². The van der Waals surface area contributed by atoms with Gasteiger partial charge in [0.25, 0.3) is 5.91 Å². The minimum atomic E-state index is -4.78. The predicted octanol–water partition coefficient (Wildman–Crippen LogP) is 3.12. The molecule has 0 aliphatic carbocycles. The molecule has 1 aliphatic rings. The average Bonchev–Trinajstić information content (AvgIpc) is 2.79. The van der Waals surface area contributed by atoms with Gasteiger partial charge in [-0.1, -0.05) is 6.42 Å². The number of ether oxygens (including phenoxy) is 1. The number of carbonyl (C=O) groups is 1. The Hall–Kier alpha value is -2.57. The van der Waals surface area contributed by atoms with E-state index in [1.165, 1.54) is 29.6 Å². The van der Waals surface area contributed by atoms with Crippen LogP contribution in [0.4, 0.5) is 14.5 Å².